The molecule has 1 heterocycles. The molecule has 0 radical (unpaired) electrons. The highest BCUT2D eigenvalue weighted by Crippen LogP contribution is 2.19. The van der Waals surface area contributed by atoms with Crippen molar-refractivity contribution in [2.24, 2.45) is 0 Å². The van der Waals surface area contributed by atoms with Gasteiger partial charge in [0.05, 0.1) is 7.11 Å². The number of carbonyl (C=O) groups is 1. The molecule has 0 bridgehead atoms. The van der Waals surface area contributed by atoms with Gasteiger partial charge in [-0.25, -0.2) is 4.39 Å². The molecule has 0 unspecified atom stereocenters. The van der Waals surface area contributed by atoms with Gasteiger partial charge in [0.2, 0.25) is 0 Å². The molecule has 0 atom stereocenters. The Morgan fingerprint density at radius 3 is 2.68 bits per heavy atom. The third-order valence-corrected chi connectivity index (χ3v) is 4.28. The van der Waals surface area contributed by atoms with E-state index >= 15 is 0 Å². The van der Waals surface area contributed by atoms with Gasteiger partial charge in [-0.3, -0.25) is 9.78 Å². The van der Waals surface area contributed by atoms with Crippen LogP contribution in [0.25, 0.3) is 0 Å². The van der Waals surface area contributed by atoms with Crippen LogP contribution in [0.3, 0.4) is 0 Å². The van der Waals surface area contributed by atoms with E-state index in [0.717, 1.165) is 22.6 Å². The molecule has 6 heteroatoms. The van der Waals surface area contributed by atoms with Crippen LogP contribution < -0.4 is 15.4 Å². The van der Waals surface area contributed by atoms with Gasteiger partial charge < -0.3 is 15.4 Å². The van der Waals surface area contributed by atoms with Gasteiger partial charge in [0.25, 0.3) is 5.91 Å². The summed E-state index contributed by atoms with van der Waals surface area (Å²) < 4.78 is 18.3. The number of carbonyl (C=O) groups excluding carboxylic acids is 1. The first-order chi connectivity index (χ1) is 13.7. The summed E-state index contributed by atoms with van der Waals surface area (Å²) in [4.78, 5) is 16.5. The zero-order valence-electron chi connectivity index (χ0n) is 15.6. The summed E-state index contributed by atoms with van der Waals surface area (Å²) in [7, 11) is 1.64. The molecule has 3 rings (SSSR count). The topological polar surface area (TPSA) is 63.2 Å². The minimum absolute atomic E-state index is 0.247. The molecule has 0 aliphatic heterocycles. The summed E-state index contributed by atoms with van der Waals surface area (Å²) >= 11 is 0. The second-order valence-corrected chi connectivity index (χ2v) is 6.23. The van der Waals surface area contributed by atoms with Crippen LogP contribution in [0.1, 0.15) is 21.6 Å². The van der Waals surface area contributed by atoms with Crippen LogP contribution in [0.15, 0.2) is 66.9 Å². The highest BCUT2D eigenvalue weighted by Gasteiger charge is 2.08. The molecular formula is C22H22FN3O2. The number of hydrogen-bond acceptors (Lipinski definition) is 4. The van der Waals surface area contributed by atoms with E-state index in [9.17, 15) is 9.18 Å². The molecule has 5 nitrogen and oxygen atoms in total. The van der Waals surface area contributed by atoms with Gasteiger partial charge in [-0.2, -0.15) is 0 Å². The quantitative estimate of drug-likeness (QED) is 0.625. The highest BCUT2D eigenvalue weighted by molar-refractivity contribution is 5.93. The fraction of sp³-hybridized carbons (Fsp3) is 0.182. The number of hydrogen-bond donors (Lipinski definition) is 2. The maximum absolute atomic E-state index is 12.9. The van der Waals surface area contributed by atoms with E-state index in [0.29, 0.717) is 25.2 Å². The Morgan fingerprint density at radius 2 is 1.89 bits per heavy atom. The Kier molecular flexibility index (Phi) is 6.57. The van der Waals surface area contributed by atoms with Gasteiger partial charge in [-0.05, 0) is 42.3 Å². The van der Waals surface area contributed by atoms with E-state index in [-0.39, 0.29) is 11.7 Å². The maximum atomic E-state index is 12.9. The van der Waals surface area contributed by atoms with Crippen LogP contribution >= 0.6 is 0 Å². The number of rotatable bonds is 8. The predicted molar refractivity (Wildman–Crippen MR) is 107 cm³/mol. The molecule has 3 aromatic rings. The smallest absolute Gasteiger partial charge is 0.269 e. The van der Waals surface area contributed by atoms with Crippen molar-refractivity contribution in [3.8, 4) is 5.75 Å². The zero-order valence-corrected chi connectivity index (χ0v) is 15.6. The van der Waals surface area contributed by atoms with Crippen molar-refractivity contribution >= 4 is 11.6 Å². The van der Waals surface area contributed by atoms with Gasteiger partial charge in [-0.15, -0.1) is 0 Å². The largest absolute Gasteiger partial charge is 0.496 e. The summed E-state index contributed by atoms with van der Waals surface area (Å²) in [5, 5.41) is 6.12. The second-order valence-electron chi connectivity index (χ2n) is 6.23. The molecule has 0 aliphatic rings. The average Bonchev–Trinajstić information content (AvgIpc) is 2.74. The number of nitrogens with zero attached hydrogens (tertiary/aromatic N) is 1. The van der Waals surface area contributed by atoms with Crippen molar-refractivity contribution < 1.29 is 13.9 Å². The molecule has 0 saturated carbocycles. The van der Waals surface area contributed by atoms with Crippen LogP contribution in [0.4, 0.5) is 10.1 Å². The van der Waals surface area contributed by atoms with Crippen LogP contribution in [-0.2, 0) is 13.0 Å². The minimum Gasteiger partial charge on any atom is -0.496 e. The number of anilines is 1. The lowest BCUT2D eigenvalue weighted by Crippen LogP contribution is -2.26. The third kappa shape index (κ3) is 5.30. The monoisotopic (exact) mass is 379 g/mol. The number of amides is 1. The van der Waals surface area contributed by atoms with E-state index < -0.39 is 0 Å². The third-order valence-electron chi connectivity index (χ3n) is 4.28. The summed E-state index contributed by atoms with van der Waals surface area (Å²) in [6.07, 6.45) is 2.22. The lowest BCUT2D eigenvalue weighted by Gasteiger charge is -2.11. The number of ether oxygens (including phenoxy) is 1. The Morgan fingerprint density at radius 1 is 1.11 bits per heavy atom. The summed E-state index contributed by atoms with van der Waals surface area (Å²) in [5.41, 5.74) is 3.11. The van der Waals surface area contributed by atoms with E-state index in [2.05, 4.69) is 15.6 Å². The zero-order chi connectivity index (χ0) is 19.8. The van der Waals surface area contributed by atoms with Crippen LogP contribution in [0.5, 0.6) is 5.75 Å². The van der Waals surface area contributed by atoms with Gasteiger partial charge in [0.15, 0.2) is 0 Å². The SMILES string of the molecule is COc1ccccc1CNc1ccnc(C(=O)NCCc2ccc(F)cc2)c1. The molecule has 0 aliphatic carbocycles. The first kappa shape index (κ1) is 19.4. The van der Waals surface area contributed by atoms with Crippen molar-refractivity contribution in [1.82, 2.24) is 10.3 Å². The van der Waals surface area contributed by atoms with E-state index in [1.165, 1.54) is 12.1 Å². The lowest BCUT2D eigenvalue weighted by molar-refractivity contribution is 0.0949. The van der Waals surface area contributed by atoms with Crippen LogP contribution in [0, 0.1) is 5.82 Å². The van der Waals surface area contributed by atoms with Gasteiger partial charge in [0, 0.05) is 30.5 Å². The highest BCUT2D eigenvalue weighted by atomic mass is 19.1. The normalized spacial score (nSPS) is 10.4. The van der Waals surface area contributed by atoms with Gasteiger partial charge in [0.1, 0.15) is 17.3 Å². The molecule has 28 heavy (non-hydrogen) atoms. The number of halogens is 1. The molecule has 144 valence electrons. The van der Waals surface area contributed by atoms with E-state index in [1.807, 2.05) is 30.3 Å². The first-order valence-corrected chi connectivity index (χ1v) is 9.00. The van der Waals surface area contributed by atoms with E-state index in [1.54, 1.807) is 31.5 Å². The van der Waals surface area contributed by atoms with Crippen molar-refractivity contribution in [3.63, 3.8) is 0 Å². The number of methoxy groups -OCH3 is 1. The molecule has 1 amide bonds. The molecular weight excluding hydrogens is 357 g/mol. The Balaban J connectivity index is 1.54. The van der Waals surface area contributed by atoms with Crippen molar-refractivity contribution in [2.45, 2.75) is 13.0 Å². The Hall–Kier alpha value is -3.41. The standard InChI is InChI=1S/C22H22FN3O2/c1-28-21-5-3-2-4-17(21)15-26-19-11-13-24-20(14-19)22(27)25-12-10-16-6-8-18(23)9-7-16/h2-9,11,13-14H,10,12,15H2,1H3,(H,24,26)(H,25,27). The van der Waals surface area contributed by atoms with Gasteiger partial charge >= 0.3 is 0 Å². The first-order valence-electron chi connectivity index (χ1n) is 9.00. The Labute approximate surface area is 163 Å². The van der Waals surface area contributed by atoms with Gasteiger partial charge in [-0.1, -0.05) is 30.3 Å². The molecule has 0 fully saturated rings. The molecule has 2 N–H and O–H groups in total. The average molecular weight is 379 g/mol. The predicted octanol–water partition coefficient (Wildman–Crippen LogP) is 3.81. The summed E-state index contributed by atoms with van der Waals surface area (Å²) in [6, 6.07) is 17.5. The fourth-order valence-electron chi connectivity index (χ4n) is 2.77. The second kappa shape index (κ2) is 9.50. The molecule has 0 spiro atoms. The molecule has 2 aromatic carbocycles. The number of aromatic nitrogens is 1. The number of nitrogens with one attached hydrogen (secondary N) is 2. The van der Waals surface area contributed by atoms with Crippen molar-refractivity contribution in [1.29, 1.82) is 0 Å². The summed E-state index contributed by atoms with van der Waals surface area (Å²) in [6.45, 7) is 1.02. The Bertz CT molecular complexity index is 929. The van der Waals surface area contributed by atoms with Crippen LogP contribution in [0.2, 0.25) is 0 Å². The van der Waals surface area contributed by atoms with Crippen molar-refractivity contribution in [2.75, 3.05) is 19.0 Å². The lowest BCUT2D eigenvalue weighted by atomic mass is 10.1. The fourth-order valence-corrected chi connectivity index (χ4v) is 2.77. The minimum atomic E-state index is -0.269. The molecule has 0 saturated heterocycles. The maximum Gasteiger partial charge on any atom is 0.269 e. The van der Waals surface area contributed by atoms with E-state index in [4.69, 9.17) is 4.74 Å². The molecule has 1 aromatic heterocycles. The number of pyridine rings is 1. The number of benzene rings is 2. The summed E-state index contributed by atoms with van der Waals surface area (Å²) in [5.74, 6) is 0.292. The van der Waals surface area contributed by atoms with Crippen LogP contribution in [-0.4, -0.2) is 24.5 Å². The van der Waals surface area contributed by atoms with Crippen molar-refractivity contribution in [3.05, 3.63) is 89.5 Å². The number of para-hydroxylation sites is 1.